The molecule has 0 bridgehead atoms. The lowest BCUT2D eigenvalue weighted by Crippen LogP contribution is -2.42. The summed E-state index contributed by atoms with van der Waals surface area (Å²) in [4.78, 5) is 29.3. The van der Waals surface area contributed by atoms with E-state index in [1.165, 1.54) is 40.6 Å². The molecular formula is C24H38N4O5. The van der Waals surface area contributed by atoms with E-state index < -0.39 is 0 Å². The number of rotatable bonds is 9. The van der Waals surface area contributed by atoms with Crippen molar-refractivity contribution in [1.29, 1.82) is 0 Å². The molecule has 0 radical (unpaired) electrons. The number of carbonyl (C=O) groups excluding carboxylic acids is 2. The molecule has 0 atom stereocenters. The van der Waals surface area contributed by atoms with Crippen molar-refractivity contribution in [2.45, 2.75) is 38.5 Å². The van der Waals surface area contributed by atoms with Crippen molar-refractivity contribution in [3.63, 3.8) is 0 Å². The number of ether oxygens (including phenoxy) is 3. The number of likely N-dealkylation sites (tertiary alicyclic amines) is 2. The summed E-state index contributed by atoms with van der Waals surface area (Å²) in [6.45, 7) is 5.20. The number of hydrogen-bond donors (Lipinski definition) is 2. The number of urea groups is 1. The highest BCUT2D eigenvalue weighted by Gasteiger charge is 2.25. The van der Waals surface area contributed by atoms with Gasteiger partial charge in [-0.05, 0) is 44.7 Å². The minimum absolute atomic E-state index is 0.118. The van der Waals surface area contributed by atoms with Crippen LogP contribution in [0.5, 0.6) is 17.2 Å². The van der Waals surface area contributed by atoms with Crippen molar-refractivity contribution in [2.75, 3.05) is 65.9 Å². The lowest BCUT2D eigenvalue weighted by molar-refractivity contribution is -0.122. The quantitative estimate of drug-likeness (QED) is 0.586. The van der Waals surface area contributed by atoms with E-state index in [0.29, 0.717) is 48.4 Å². The second kappa shape index (κ2) is 12.5. The van der Waals surface area contributed by atoms with Crippen LogP contribution < -0.4 is 24.8 Å². The Bertz CT molecular complexity index is 764. The van der Waals surface area contributed by atoms with Crippen LogP contribution in [0.1, 0.15) is 38.5 Å². The first kappa shape index (κ1) is 25.0. The highest BCUT2D eigenvalue weighted by atomic mass is 16.5. The molecule has 0 saturated carbocycles. The van der Waals surface area contributed by atoms with Gasteiger partial charge in [-0.2, -0.15) is 0 Å². The molecule has 2 N–H and O–H groups in total. The summed E-state index contributed by atoms with van der Waals surface area (Å²) in [6, 6.07) is 3.24. The van der Waals surface area contributed by atoms with Gasteiger partial charge in [0.15, 0.2) is 11.5 Å². The molecule has 0 aliphatic carbocycles. The topological polar surface area (TPSA) is 92.4 Å². The van der Waals surface area contributed by atoms with Crippen LogP contribution in [-0.2, 0) is 4.79 Å². The zero-order valence-corrected chi connectivity index (χ0v) is 20.2. The van der Waals surface area contributed by atoms with Crippen LogP contribution in [0.25, 0.3) is 0 Å². The lowest BCUT2D eigenvalue weighted by Gasteiger charge is -2.32. The van der Waals surface area contributed by atoms with Gasteiger partial charge in [0, 0.05) is 44.7 Å². The Hall–Kier alpha value is -2.68. The summed E-state index contributed by atoms with van der Waals surface area (Å²) < 4.78 is 16.0. The van der Waals surface area contributed by atoms with Crippen molar-refractivity contribution >= 4 is 17.6 Å². The maximum absolute atomic E-state index is 12.8. The fourth-order valence-corrected chi connectivity index (χ4v) is 4.57. The molecule has 9 nitrogen and oxygen atoms in total. The molecule has 184 valence electrons. The number of piperidine rings is 2. The summed E-state index contributed by atoms with van der Waals surface area (Å²) in [5.74, 6) is 1.87. The number of carbonyl (C=O) groups is 2. The first-order chi connectivity index (χ1) is 16.0. The summed E-state index contributed by atoms with van der Waals surface area (Å²) in [5.41, 5.74) is 0.574. The molecule has 1 aromatic rings. The molecule has 2 fully saturated rings. The lowest BCUT2D eigenvalue weighted by atomic mass is 9.93. The van der Waals surface area contributed by atoms with Gasteiger partial charge in [0.25, 0.3) is 0 Å². The van der Waals surface area contributed by atoms with E-state index in [1.54, 1.807) is 17.0 Å². The monoisotopic (exact) mass is 462 g/mol. The van der Waals surface area contributed by atoms with E-state index in [2.05, 4.69) is 15.5 Å². The number of hydrogen-bond acceptors (Lipinski definition) is 6. The Morgan fingerprint density at radius 3 is 2.15 bits per heavy atom. The van der Waals surface area contributed by atoms with E-state index in [4.69, 9.17) is 14.2 Å². The van der Waals surface area contributed by atoms with Gasteiger partial charge in [0.1, 0.15) is 0 Å². The zero-order chi connectivity index (χ0) is 23.6. The van der Waals surface area contributed by atoms with Gasteiger partial charge in [0.05, 0.1) is 27.0 Å². The van der Waals surface area contributed by atoms with Gasteiger partial charge in [-0.15, -0.1) is 0 Å². The number of nitrogens with zero attached hydrogens (tertiary/aromatic N) is 2. The Balaban J connectivity index is 1.41. The van der Waals surface area contributed by atoms with Gasteiger partial charge in [-0.1, -0.05) is 6.42 Å². The van der Waals surface area contributed by atoms with Crippen molar-refractivity contribution in [2.24, 2.45) is 5.92 Å². The van der Waals surface area contributed by atoms with Crippen molar-refractivity contribution in [3.8, 4) is 17.2 Å². The zero-order valence-electron chi connectivity index (χ0n) is 20.2. The molecule has 9 heteroatoms. The normalized spacial score (nSPS) is 17.4. The largest absolute Gasteiger partial charge is 0.493 e. The SMILES string of the molecule is COc1cc(NC(=O)N2CCC(CC(=O)NCCN3CCCCC3)CC2)cc(OC)c1OC. The third-order valence-corrected chi connectivity index (χ3v) is 6.49. The molecule has 1 aromatic carbocycles. The maximum atomic E-state index is 12.8. The van der Waals surface area contributed by atoms with Crippen LogP contribution in [0.15, 0.2) is 12.1 Å². The van der Waals surface area contributed by atoms with Gasteiger partial charge in [-0.25, -0.2) is 4.79 Å². The summed E-state index contributed by atoms with van der Waals surface area (Å²) in [7, 11) is 4.62. The summed E-state index contributed by atoms with van der Waals surface area (Å²) >= 11 is 0. The number of nitrogens with one attached hydrogen (secondary N) is 2. The summed E-state index contributed by atoms with van der Waals surface area (Å²) in [5, 5.41) is 5.98. The number of methoxy groups -OCH3 is 3. The van der Waals surface area contributed by atoms with E-state index in [0.717, 1.165) is 39.0 Å². The van der Waals surface area contributed by atoms with Gasteiger partial charge in [-0.3, -0.25) is 4.79 Å². The van der Waals surface area contributed by atoms with Crippen molar-refractivity contribution < 1.29 is 23.8 Å². The molecule has 2 aliphatic rings. The van der Waals surface area contributed by atoms with Crippen molar-refractivity contribution in [3.05, 3.63) is 12.1 Å². The third kappa shape index (κ3) is 7.15. The molecule has 3 amide bonds. The van der Waals surface area contributed by atoms with Crippen molar-refractivity contribution in [1.82, 2.24) is 15.1 Å². The Kier molecular flexibility index (Phi) is 9.47. The molecule has 0 aromatic heterocycles. The highest BCUT2D eigenvalue weighted by Crippen LogP contribution is 2.40. The van der Waals surface area contributed by atoms with E-state index in [1.807, 2.05) is 0 Å². The molecule has 0 unspecified atom stereocenters. The molecule has 33 heavy (non-hydrogen) atoms. The van der Waals surface area contributed by atoms with E-state index >= 15 is 0 Å². The van der Waals surface area contributed by atoms with Gasteiger partial charge < -0.3 is 34.6 Å². The first-order valence-electron chi connectivity index (χ1n) is 11.9. The minimum atomic E-state index is -0.172. The Morgan fingerprint density at radius 1 is 0.939 bits per heavy atom. The van der Waals surface area contributed by atoms with Gasteiger partial charge in [0.2, 0.25) is 11.7 Å². The fraction of sp³-hybridized carbons (Fsp3) is 0.667. The smallest absolute Gasteiger partial charge is 0.321 e. The van der Waals surface area contributed by atoms with Crippen LogP contribution >= 0.6 is 0 Å². The number of benzene rings is 1. The molecule has 2 saturated heterocycles. The molecular weight excluding hydrogens is 424 g/mol. The standard InChI is InChI=1S/C24H38N4O5/c1-31-20-16-19(17-21(32-2)23(20)33-3)26-24(30)28-12-7-18(8-13-28)15-22(29)25-9-14-27-10-5-4-6-11-27/h16-18H,4-15H2,1-3H3,(H,25,29)(H,26,30). The predicted molar refractivity (Wildman–Crippen MR) is 127 cm³/mol. The van der Waals surface area contributed by atoms with E-state index in [-0.39, 0.29) is 11.9 Å². The van der Waals surface area contributed by atoms with Gasteiger partial charge >= 0.3 is 6.03 Å². The molecule has 3 rings (SSSR count). The summed E-state index contributed by atoms with van der Waals surface area (Å²) in [6.07, 6.45) is 6.02. The Labute approximate surface area is 196 Å². The fourth-order valence-electron chi connectivity index (χ4n) is 4.57. The third-order valence-electron chi connectivity index (χ3n) is 6.49. The second-order valence-corrected chi connectivity index (χ2v) is 8.73. The van der Waals surface area contributed by atoms with E-state index in [9.17, 15) is 9.59 Å². The molecule has 2 heterocycles. The van der Waals surface area contributed by atoms with Crippen LogP contribution in [-0.4, -0.2) is 82.3 Å². The average molecular weight is 463 g/mol. The highest BCUT2D eigenvalue weighted by molar-refractivity contribution is 5.90. The second-order valence-electron chi connectivity index (χ2n) is 8.73. The number of anilines is 1. The Morgan fingerprint density at radius 2 is 1.58 bits per heavy atom. The van der Waals surface area contributed by atoms with Crippen LogP contribution in [0, 0.1) is 5.92 Å². The predicted octanol–water partition coefficient (Wildman–Crippen LogP) is 2.95. The maximum Gasteiger partial charge on any atom is 0.321 e. The molecule has 0 spiro atoms. The average Bonchev–Trinajstić information content (AvgIpc) is 2.84. The number of amides is 3. The van der Waals surface area contributed by atoms with Crippen LogP contribution in [0.3, 0.4) is 0 Å². The first-order valence-corrected chi connectivity index (χ1v) is 11.9. The molecule has 2 aliphatic heterocycles. The van der Waals surface area contributed by atoms with Crippen LogP contribution in [0.2, 0.25) is 0 Å². The van der Waals surface area contributed by atoms with Crippen LogP contribution in [0.4, 0.5) is 10.5 Å². The minimum Gasteiger partial charge on any atom is -0.493 e.